The molecule has 1 aliphatic rings. The predicted molar refractivity (Wildman–Crippen MR) is 45.0 cm³/mol. The second-order valence-corrected chi connectivity index (χ2v) is 4.78. The van der Waals surface area contributed by atoms with Crippen LogP contribution in [-0.4, -0.2) is 5.25 Å². The van der Waals surface area contributed by atoms with E-state index >= 15 is 0 Å². The molecule has 1 heteroatoms. The summed E-state index contributed by atoms with van der Waals surface area (Å²) in [6.45, 7) is 6.96. The number of hydrogen-bond acceptors (Lipinski definition) is 1. The molecule has 2 atom stereocenters. The van der Waals surface area contributed by atoms with E-state index < -0.39 is 0 Å². The van der Waals surface area contributed by atoms with E-state index in [4.69, 9.17) is 0 Å². The van der Waals surface area contributed by atoms with E-state index in [-0.39, 0.29) is 0 Å². The number of hydrogen-bond donors (Lipinski definition) is 1. The van der Waals surface area contributed by atoms with Crippen LogP contribution in [-0.2, 0) is 0 Å². The minimum atomic E-state index is 0.561. The summed E-state index contributed by atoms with van der Waals surface area (Å²) in [6, 6.07) is 0. The molecule has 1 saturated carbocycles. The molecule has 0 heterocycles. The third-order valence-electron chi connectivity index (χ3n) is 2.29. The minimum Gasteiger partial charge on any atom is -0.176 e. The summed E-state index contributed by atoms with van der Waals surface area (Å²) in [5.74, 6) is 0.823. The van der Waals surface area contributed by atoms with Crippen LogP contribution in [0.1, 0.15) is 33.6 Å². The van der Waals surface area contributed by atoms with Gasteiger partial charge in [-0.3, -0.25) is 0 Å². The zero-order valence-electron chi connectivity index (χ0n) is 6.52. The minimum absolute atomic E-state index is 0.561. The van der Waals surface area contributed by atoms with Crippen LogP contribution in [0.5, 0.6) is 0 Å². The van der Waals surface area contributed by atoms with E-state index in [0.29, 0.717) is 10.7 Å². The van der Waals surface area contributed by atoms with Gasteiger partial charge in [-0.1, -0.05) is 20.8 Å². The fourth-order valence-electron chi connectivity index (χ4n) is 1.86. The molecular formula is C8H16S. The second kappa shape index (κ2) is 2.19. The van der Waals surface area contributed by atoms with E-state index in [1.54, 1.807) is 0 Å². The predicted octanol–water partition coefficient (Wildman–Crippen LogP) is 2.74. The quantitative estimate of drug-likeness (QED) is 0.497. The van der Waals surface area contributed by atoms with Gasteiger partial charge >= 0.3 is 0 Å². The van der Waals surface area contributed by atoms with Gasteiger partial charge in [-0.15, -0.1) is 0 Å². The summed E-state index contributed by atoms with van der Waals surface area (Å²) in [4.78, 5) is 0. The lowest BCUT2D eigenvalue weighted by molar-refractivity contribution is 0.367. The van der Waals surface area contributed by atoms with Gasteiger partial charge in [-0.2, -0.15) is 12.6 Å². The third kappa shape index (κ3) is 1.64. The molecule has 0 nitrogen and oxygen atoms in total. The van der Waals surface area contributed by atoms with Gasteiger partial charge < -0.3 is 0 Å². The monoisotopic (exact) mass is 144 g/mol. The maximum atomic E-state index is 4.50. The van der Waals surface area contributed by atoms with Gasteiger partial charge in [0, 0.05) is 5.25 Å². The highest BCUT2D eigenvalue weighted by Crippen LogP contribution is 2.43. The summed E-state index contributed by atoms with van der Waals surface area (Å²) in [7, 11) is 0. The van der Waals surface area contributed by atoms with Gasteiger partial charge in [0.25, 0.3) is 0 Å². The molecule has 0 saturated heterocycles. The Balaban J connectivity index is 2.54. The fraction of sp³-hybridized carbons (Fsp3) is 1.00. The fourth-order valence-corrected chi connectivity index (χ4v) is 2.46. The molecule has 0 bridgehead atoms. The zero-order chi connectivity index (χ0) is 7.07. The van der Waals surface area contributed by atoms with E-state index in [9.17, 15) is 0 Å². The molecule has 9 heavy (non-hydrogen) atoms. The van der Waals surface area contributed by atoms with Crippen molar-refractivity contribution in [3.63, 3.8) is 0 Å². The highest BCUT2D eigenvalue weighted by molar-refractivity contribution is 7.81. The van der Waals surface area contributed by atoms with Crippen LogP contribution in [0.3, 0.4) is 0 Å². The Labute approximate surface area is 63.4 Å². The summed E-state index contributed by atoms with van der Waals surface area (Å²) in [6.07, 6.45) is 2.64. The van der Waals surface area contributed by atoms with Gasteiger partial charge in [0.05, 0.1) is 0 Å². The average molecular weight is 144 g/mol. The Hall–Kier alpha value is 0.350. The normalized spacial score (nSPS) is 41.3. The molecular weight excluding hydrogens is 128 g/mol. The first kappa shape index (κ1) is 7.46. The maximum Gasteiger partial charge on any atom is 0.00477 e. The van der Waals surface area contributed by atoms with Gasteiger partial charge in [0.15, 0.2) is 0 Å². The first-order valence-electron chi connectivity index (χ1n) is 3.69. The molecule has 1 aliphatic carbocycles. The summed E-state index contributed by atoms with van der Waals surface area (Å²) < 4.78 is 0. The SMILES string of the molecule is CC1CC(C)(C)CC1S. The molecule has 0 aliphatic heterocycles. The van der Waals surface area contributed by atoms with E-state index in [1.165, 1.54) is 12.8 Å². The van der Waals surface area contributed by atoms with Gasteiger partial charge in [0.1, 0.15) is 0 Å². The van der Waals surface area contributed by atoms with Gasteiger partial charge in [0.2, 0.25) is 0 Å². The van der Waals surface area contributed by atoms with Crippen LogP contribution < -0.4 is 0 Å². The molecule has 2 unspecified atom stereocenters. The van der Waals surface area contributed by atoms with Crippen molar-refractivity contribution >= 4 is 12.6 Å². The number of thiol groups is 1. The van der Waals surface area contributed by atoms with E-state index in [1.807, 2.05) is 0 Å². The third-order valence-corrected chi connectivity index (χ3v) is 2.98. The van der Waals surface area contributed by atoms with Crippen molar-refractivity contribution in [1.82, 2.24) is 0 Å². The molecule has 0 radical (unpaired) electrons. The average Bonchev–Trinajstić information content (AvgIpc) is 1.79. The largest absolute Gasteiger partial charge is 0.176 e. The van der Waals surface area contributed by atoms with Gasteiger partial charge in [-0.25, -0.2) is 0 Å². The highest BCUT2D eigenvalue weighted by Gasteiger charge is 2.34. The van der Waals surface area contributed by atoms with Crippen molar-refractivity contribution in [2.75, 3.05) is 0 Å². The molecule has 0 N–H and O–H groups in total. The van der Waals surface area contributed by atoms with Crippen molar-refractivity contribution in [1.29, 1.82) is 0 Å². The summed E-state index contributed by atoms with van der Waals surface area (Å²) in [5, 5.41) is 0.653. The standard InChI is InChI=1S/C8H16S/c1-6-4-8(2,3)5-7(6)9/h6-7,9H,4-5H2,1-3H3. The lowest BCUT2D eigenvalue weighted by atomic mass is 9.91. The lowest BCUT2D eigenvalue weighted by Gasteiger charge is -2.15. The van der Waals surface area contributed by atoms with Crippen LogP contribution in [0.2, 0.25) is 0 Å². The lowest BCUT2D eigenvalue weighted by Crippen LogP contribution is -2.04. The summed E-state index contributed by atoms with van der Waals surface area (Å²) >= 11 is 4.50. The first-order valence-corrected chi connectivity index (χ1v) is 4.21. The van der Waals surface area contributed by atoms with E-state index in [0.717, 1.165) is 5.92 Å². The molecule has 0 amide bonds. The van der Waals surface area contributed by atoms with Crippen LogP contribution in [0.15, 0.2) is 0 Å². The summed E-state index contributed by atoms with van der Waals surface area (Å²) in [5.41, 5.74) is 0.561. The Morgan fingerprint density at radius 2 is 1.89 bits per heavy atom. The molecule has 54 valence electrons. The van der Waals surface area contributed by atoms with Gasteiger partial charge in [-0.05, 0) is 24.2 Å². The van der Waals surface area contributed by atoms with Crippen LogP contribution >= 0.6 is 12.6 Å². The van der Waals surface area contributed by atoms with Crippen LogP contribution in [0.25, 0.3) is 0 Å². The maximum absolute atomic E-state index is 4.50. The molecule has 1 rings (SSSR count). The Morgan fingerprint density at radius 1 is 1.33 bits per heavy atom. The van der Waals surface area contributed by atoms with Crippen molar-refractivity contribution < 1.29 is 0 Å². The molecule has 0 aromatic carbocycles. The Morgan fingerprint density at radius 3 is 2.00 bits per heavy atom. The van der Waals surface area contributed by atoms with Crippen molar-refractivity contribution in [3.05, 3.63) is 0 Å². The Kier molecular flexibility index (Phi) is 1.81. The molecule has 1 fully saturated rings. The van der Waals surface area contributed by atoms with Crippen molar-refractivity contribution in [2.24, 2.45) is 11.3 Å². The molecule has 0 spiro atoms. The highest BCUT2D eigenvalue weighted by atomic mass is 32.1. The molecule has 0 aromatic rings. The molecule has 0 aromatic heterocycles. The zero-order valence-corrected chi connectivity index (χ0v) is 7.41. The van der Waals surface area contributed by atoms with Crippen molar-refractivity contribution in [2.45, 2.75) is 38.9 Å². The van der Waals surface area contributed by atoms with Crippen LogP contribution in [0.4, 0.5) is 0 Å². The smallest absolute Gasteiger partial charge is 0.00477 e. The second-order valence-electron chi connectivity index (χ2n) is 4.12. The van der Waals surface area contributed by atoms with Crippen molar-refractivity contribution in [3.8, 4) is 0 Å². The van der Waals surface area contributed by atoms with E-state index in [2.05, 4.69) is 33.4 Å². The number of rotatable bonds is 0. The van der Waals surface area contributed by atoms with Crippen LogP contribution in [0, 0.1) is 11.3 Å². The first-order chi connectivity index (χ1) is 4.01. The Bertz CT molecular complexity index is 95.1. The topological polar surface area (TPSA) is 0 Å².